The van der Waals surface area contributed by atoms with Crippen LogP contribution in [0, 0.1) is 0 Å². The van der Waals surface area contributed by atoms with E-state index in [1.165, 1.54) is 5.56 Å². The normalized spacial score (nSPS) is 11.0. The third kappa shape index (κ3) is 4.86. The highest BCUT2D eigenvalue weighted by atomic mass is 35.5. The first-order chi connectivity index (χ1) is 14.6. The van der Waals surface area contributed by atoms with Crippen LogP contribution in [0.5, 0.6) is 5.75 Å². The maximum Gasteiger partial charge on any atom is 0.191 e. The molecule has 2 aromatic carbocycles. The minimum atomic E-state index is 0.378. The predicted molar refractivity (Wildman–Crippen MR) is 123 cm³/mol. The van der Waals surface area contributed by atoms with E-state index in [0.29, 0.717) is 17.4 Å². The largest absolute Gasteiger partial charge is 0.486 e. The van der Waals surface area contributed by atoms with E-state index in [0.717, 1.165) is 39.4 Å². The van der Waals surface area contributed by atoms with Crippen molar-refractivity contribution in [1.82, 2.24) is 19.7 Å². The number of hydrogen-bond donors (Lipinski definition) is 0. The molecule has 0 aliphatic rings. The van der Waals surface area contributed by atoms with Gasteiger partial charge in [-0.3, -0.25) is 0 Å². The number of aromatic nitrogens is 4. The summed E-state index contributed by atoms with van der Waals surface area (Å²) < 4.78 is 7.82. The van der Waals surface area contributed by atoms with E-state index in [9.17, 15) is 0 Å². The van der Waals surface area contributed by atoms with E-state index >= 15 is 0 Å². The lowest BCUT2D eigenvalue weighted by atomic mass is 10.2. The molecule has 8 heteroatoms. The molecule has 0 atom stereocenters. The second-order valence-corrected chi connectivity index (χ2v) is 8.86. The van der Waals surface area contributed by atoms with Crippen LogP contribution in [-0.2, 0) is 25.8 Å². The zero-order chi connectivity index (χ0) is 20.9. The highest BCUT2D eigenvalue weighted by Crippen LogP contribution is 2.31. The molecule has 0 aliphatic carbocycles. The Hall–Kier alpha value is -2.35. The number of nitrogens with zero attached hydrogens (tertiary/aromatic N) is 4. The van der Waals surface area contributed by atoms with E-state index in [-0.39, 0.29) is 0 Å². The first kappa shape index (κ1) is 20.9. The van der Waals surface area contributed by atoms with Crippen LogP contribution >= 0.6 is 34.7 Å². The summed E-state index contributed by atoms with van der Waals surface area (Å²) in [4.78, 5) is 4.71. The van der Waals surface area contributed by atoms with Crippen molar-refractivity contribution in [3.8, 4) is 16.3 Å². The molecular formula is C22H21ClN4OS2. The van der Waals surface area contributed by atoms with Crippen LogP contribution in [0.1, 0.15) is 24.0 Å². The SMILES string of the molecule is CCc1ccc(OCc2nnc(SCc3csc(-c4ccccc4Cl)n3)n2C)cc1. The predicted octanol–water partition coefficient (Wildman–Crippen LogP) is 6.03. The Morgan fingerprint density at radius 1 is 1.10 bits per heavy atom. The van der Waals surface area contributed by atoms with Gasteiger partial charge in [0.2, 0.25) is 0 Å². The van der Waals surface area contributed by atoms with Gasteiger partial charge in [0.1, 0.15) is 17.4 Å². The quantitative estimate of drug-likeness (QED) is 0.303. The Bertz CT molecular complexity index is 1120. The van der Waals surface area contributed by atoms with Crippen molar-refractivity contribution in [1.29, 1.82) is 0 Å². The lowest BCUT2D eigenvalue weighted by Crippen LogP contribution is -2.04. The first-order valence-electron chi connectivity index (χ1n) is 9.56. The maximum absolute atomic E-state index is 6.28. The number of aryl methyl sites for hydroxylation is 1. The second kappa shape index (κ2) is 9.64. The molecule has 4 aromatic rings. The average Bonchev–Trinajstić information content (AvgIpc) is 3.38. The Morgan fingerprint density at radius 3 is 2.67 bits per heavy atom. The summed E-state index contributed by atoms with van der Waals surface area (Å²) in [5.74, 6) is 2.33. The molecule has 0 aliphatic heterocycles. The zero-order valence-corrected chi connectivity index (χ0v) is 19.1. The standard InChI is InChI=1S/C22H21ClN4OS2/c1-3-15-8-10-17(11-9-15)28-12-20-25-26-22(27(20)2)30-14-16-13-29-21(24-16)18-6-4-5-7-19(18)23/h4-11,13H,3,12,14H2,1-2H3. The Balaban J connectivity index is 1.36. The van der Waals surface area contributed by atoms with Crippen LogP contribution in [0.15, 0.2) is 59.1 Å². The molecule has 2 aromatic heterocycles. The molecule has 0 spiro atoms. The molecule has 0 saturated carbocycles. The lowest BCUT2D eigenvalue weighted by molar-refractivity contribution is 0.290. The summed E-state index contributed by atoms with van der Waals surface area (Å²) in [6.45, 7) is 2.51. The summed E-state index contributed by atoms with van der Waals surface area (Å²) in [5.41, 5.74) is 3.25. The third-order valence-electron chi connectivity index (χ3n) is 4.63. The van der Waals surface area contributed by atoms with Crippen LogP contribution < -0.4 is 4.74 Å². The zero-order valence-electron chi connectivity index (χ0n) is 16.7. The van der Waals surface area contributed by atoms with Crippen molar-refractivity contribution >= 4 is 34.7 Å². The maximum atomic E-state index is 6.28. The number of thiazole rings is 1. The van der Waals surface area contributed by atoms with E-state index < -0.39 is 0 Å². The Labute approximate surface area is 189 Å². The number of halogens is 1. The van der Waals surface area contributed by atoms with E-state index in [4.69, 9.17) is 21.3 Å². The average molecular weight is 457 g/mol. The van der Waals surface area contributed by atoms with E-state index in [1.54, 1.807) is 23.1 Å². The first-order valence-corrected chi connectivity index (χ1v) is 11.8. The number of rotatable bonds is 8. The molecule has 0 bridgehead atoms. The molecule has 154 valence electrons. The smallest absolute Gasteiger partial charge is 0.191 e. The molecule has 5 nitrogen and oxygen atoms in total. The van der Waals surface area contributed by atoms with Gasteiger partial charge in [-0.1, -0.05) is 60.6 Å². The van der Waals surface area contributed by atoms with Gasteiger partial charge in [0, 0.05) is 23.7 Å². The number of thioether (sulfide) groups is 1. The topological polar surface area (TPSA) is 52.8 Å². The fourth-order valence-electron chi connectivity index (χ4n) is 2.84. The van der Waals surface area contributed by atoms with Gasteiger partial charge >= 0.3 is 0 Å². The molecule has 4 rings (SSSR count). The molecule has 0 N–H and O–H groups in total. The third-order valence-corrected chi connectivity index (χ3v) is 6.94. The molecule has 30 heavy (non-hydrogen) atoms. The number of hydrogen-bond acceptors (Lipinski definition) is 6. The van der Waals surface area contributed by atoms with Crippen molar-refractivity contribution in [2.75, 3.05) is 0 Å². The minimum absolute atomic E-state index is 0.378. The summed E-state index contributed by atoms with van der Waals surface area (Å²) in [6, 6.07) is 15.9. The van der Waals surface area contributed by atoms with Crippen molar-refractivity contribution in [2.24, 2.45) is 7.05 Å². The molecule has 0 radical (unpaired) electrons. The van der Waals surface area contributed by atoms with Crippen molar-refractivity contribution in [3.05, 3.63) is 76.0 Å². The van der Waals surface area contributed by atoms with Gasteiger partial charge < -0.3 is 9.30 Å². The molecule has 0 amide bonds. The minimum Gasteiger partial charge on any atom is -0.486 e. The summed E-state index contributed by atoms with van der Waals surface area (Å²) >= 11 is 9.48. The summed E-state index contributed by atoms with van der Waals surface area (Å²) in [7, 11) is 1.96. The lowest BCUT2D eigenvalue weighted by Gasteiger charge is -2.07. The van der Waals surface area contributed by atoms with Crippen LogP contribution in [0.3, 0.4) is 0 Å². The monoisotopic (exact) mass is 456 g/mol. The van der Waals surface area contributed by atoms with Gasteiger partial charge in [-0.05, 0) is 30.2 Å². The Morgan fingerprint density at radius 2 is 1.90 bits per heavy atom. The van der Waals surface area contributed by atoms with Crippen LogP contribution in [0.4, 0.5) is 0 Å². The van der Waals surface area contributed by atoms with E-state index in [2.05, 4.69) is 34.6 Å². The van der Waals surface area contributed by atoms with Gasteiger partial charge in [0.25, 0.3) is 0 Å². The summed E-state index contributed by atoms with van der Waals surface area (Å²) in [6.07, 6.45) is 1.02. The van der Waals surface area contributed by atoms with E-state index in [1.807, 2.05) is 48.0 Å². The second-order valence-electron chi connectivity index (χ2n) is 6.66. The molecular weight excluding hydrogens is 436 g/mol. The van der Waals surface area contributed by atoms with Crippen molar-refractivity contribution in [3.63, 3.8) is 0 Å². The van der Waals surface area contributed by atoms with Crippen LogP contribution in [-0.4, -0.2) is 19.7 Å². The van der Waals surface area contributed by atoms with Gasteiger partial charge in [0.05, 0.1) is 10.7 Å². The molecule has 0 unspecified atom stereocenters. The fraction of sp³-hybridized carbons (Fsp3) is 0.227. The van der Waals surface area contributed by atoms with Gasteiger partial charge in [-0.15, -0.1) is 21.5 Å². The fourth-order valence-corrected chi connectivity index (χ4v) is 4.90. The van der Waals surface area contributed by atoms with Crippen molar-refractivity contribution < 1.29 is 4.74 Å². The number of benzene rings is 2. The Kier molecular flexibility index (Phi) is 6.72. The van der Waals surface area contributed by atoms with Gasteiger partial charge in [-0.25, -0.2) is 4.98 Å². The van der Waals surface area contributed by atoms with Crippen molar-refractivity contribution in [2.45, 2.75) is 30.9 Å². The molecule has 0 saturated heterocycles. The highest BCUT2D eigenvalue weighted by molar-refractivity contribution is 7.98. The highest BCUT2D eigenvalue weighted by Gasteiger charge is 2.12. The van der Waals surface area contributed by atoms with Gasteiger partial charge in [-0.2, -0.15) is 0 Å². The number of ether oxygens (including phenoxy) is 1. The van der Waals surface area contributed by atoms with Gasteiger partial charge in [0.15, 0.2) is 11.0 Å². The van der Waals surface area contributed by atoms with Crippen LogP contribution in [0.25, 0.3) is 10.6 Å². The summed E-state index contributed by atoms with van der Waals surface area (Å²) in [5, 5.41) is 13.1. The molecule has 0 fully saturated rings. The molecule has 2 heterocycles. The van der Waals surface area contributed by atoms with Crippen LogP contribution in [0.2, 0.25) is 5.02 Å².